The molecule has 2 rings (SSSR count). The Balaban J connectivity index is 1.94. The first-order valence-electron chi connectivity index (χ1n) is 5.88. The number of thioether (sulfide) groups is 1. The molecule has 0 aliphatic heterocycles. The van der Waals surface area contributed by atoms with Crippen molar-refractivity contribution in [3.8, 4) is 5.75 Å². The van der Waals surface area contributed by atoms with E-state index in [-0.39, 0.29) is 17.6 Å². The molecule has 21 heavy (non-hydrogen) atoms. The standard InChI is InChI=1S/C11H15N7O2S/c1-20-8-5-3-2-4-7(8)14-9(19)6-21-11-17-16-10(15-12)18(11)13/h2-5H,6,12-13H2,1H3,(H,14,19)(H,15,16). The van der Waals surface area contributed by atoms with E-state index in [1.165, 1.54) is 11.8 Å². The first kappa shape index (κ1) is 14.9. The van der Waals surface area contributed by atoms with Gasteiger partial charge in [0.2, 0.25) is 11.1 Å². The number of methoxy groups -OCH3 is 1. The lowest BCUT2D eigenvalue weighted by molar-refractivity contribution is -0.113. The van der Waals surface area contributed by atoms with Gasteiger partial charge < -0.3 is 15.9 Å². The zero-order valence-corrected chi connectivity index (χ0v) is 12.1. The number of nitrogens with two attached hydrogens (primary N) is 2. The maximum Gasteiger partial charge on any atom is 0.258 e. The average molecular weight is 309 g/mol. The summed E-state index contributed by atoms with van der Waals surface area (Å²) in [4.78, 5) is 11.9. The molecule has 2 aromatic rings. The average Bonchev–Trinajstić information content (AvgIpc) is 2.86. The van der Waals surface area contributed by atoms with Crippen molar-refractivity contribution in [3.05, 3.63) is 24.3 Å². The monoisotopic (exact) mass is 309 g/mol. The molecule has 1 amide bonds. The Morgan fingerprint density at radius 3 is 2.86 bits per heavy atom. The van der Waals surface area contributed by atoms with Crippen molar-refractivity contribution in [2.75, 3.05) is 29.4 Å². The number of anilines is 2. The molecule has 1 aromatic carbocycles. The van der Waals surface area contributed by atoms with E-state index in [4.69, 9.17) is 16.4 Å². The maximum atomic E-state index is 11.9. The number of aromatic nitrogens is 3. The Bertz CT molecular complexity index is 631. The zero-order valence-electron chi connectivity index (χ0n) is 11.2. The molecule has 9 nitrogen and oxygen atoms in total. The van der Waals surface area contributed by atoms with Gasteiger partial charge in [0.1, 0.15) is 5.75 Å². The fraction of sp³-hybridized carbons (Fsp3) is 0.182. The summed E-state index contributed by atoms with van der Waals surface area (Å²) in [5.41, 5.74) is 2.89. The van der Waals surface area contributed by atoms with Crippen molar-refractivity contribution in [1.82, 2.24) is 14.9 Å². The van der Waals surface area contributed by atoms with Gasteiger partial charge in [-0.2, -0.15) is 0 Å². The van der Waals surface area contributed by atoms with Gasteiger partial charge in [-0.05, 0) is 12.1 Å². The van der Waals surface area contributed by atoms with Crippen molar-refractivity contribution < 1.29 is 9.53 Å². The topological polar surface area (TPSA) is 133 Å². The molecule has 0 spiro atoms. The quantitative estimate of drug-likeness (QED) is 0.333. The first-order chi connectivity index (χ1) is 10.2. The minimum Gasteiger partial charge on any atom is -0.495 e. The van der Waals surface area contributed by atoms with Gasteiger partial charge in [0.25, 0.3) is 5.95 Å². The van der Waals surface area contributed by atoms with Crippen LogP contribution in [-0.4, -0.2) is 33.6 Å². The van der Waals surface area contributed by atoms with Gasteiger partial charge in [-0.3, -0.25) is 10.2 Å². The van der Waals surface area contributed by atoms with E-state index in [2.05, 4.69) is 20.9 Å². The van der Waals surface area contributed by atoms with Crippen LogP contribution >= 0.6 is 11.8 Å². The van der Waals surface area contributed by atoms with E-state index in [0.717, 1.165) is 11.8 Å². The van der Waals surface area contributed by atoms with Crippen molar-refractivity contribution in [1.29, 1.82) is 0 Å². The second kappa shape index (κ2) is 6.81. The van der Waals surface area contributed by atoms with Crippen LogP contribution in [-0.2, 0) is 4.79 Å². The Morgan fingerprint density at radius 2 is 2.19 bits per heavy atom. The normalized spacial score (nSPS) is 10.2. The molecule has 0 saturated carbocycles. The zero-order chi connectivity index (χ0) is 15.2. The Hall–Kier alpha value is -2.46. The van der Waals surface area contributed by atoms with Crippen LogP contribution in [0.25, 0.3) is 0 Å². The number of ether oxygens (including phenoxy) is 1. The van der Waals surface area contributed by atoms with Crippen molar-refractivity contribution >= 4 is 29.3 Å². The highest BCUT2D eigenvalue weighted by Gasteiger charge is 2.12. The molecular formula is C11H15N7O2S. The van der Waals surface area contributed by atoms with Crippen LogP contribution in [0.2, 0.25) is 0 Å². The fourth-order valence-corrected chi connectivity index (χ4v) is 2.19. The molecule has 0 bridgehead atoms. The Kier molecular flexibility index (Phi) is 4.85. The number of hydrogen-bond donors (Lipinski definition) is 4. The SMILES string of the molecule is COc1ccccc1NC(=O)CSc1nnc(NN)n1N. The molecule has 0 unspecified atom stereocenters. The van der Waals surface area contributed by atoms with Crippen molar-refractivity contribution in [3.63, 3.8) is 0 Å². The van der Waals surface area contributed by atoms with Gasteiger partial charge in [0.05, 0.1) is 18.6 Å². The highest BCUT2D eigenvalue weighted by molar-refractivity contribution is 7.99. The maximum absolute atomic E-state index is 11.9. The Labute approximate surface area is 125 Å². The van der Waals surface area contributed by atoms with Crippen molar-refractivity contribution in [2.45, 2.75) is 5.16 Å². The minimum atomic E-state index is -0.213. The van der Waals surface area contributed by atoms with Crippen LogP contribution in [0.1, 0.15) is 0 Å². The number of hydrogen-bond acceptors (Lipinski definition) is 8. The van der Waals surface area contributed by atoms with Gasteiger partial charge in [-0.1, -0.05) is 23.9 Å². The lowest BCUT2D eigenvalue weighted by Gasteiger charge is -2.09. The fourth-order valence-electron chi connectivity index (χ4n) is 1.54. The van der Waals surface area contributed by atoms with Crippen molar-refractivity contribution in [2.24, 2.45) is 5.84 Å². The number of rotatable bonds is 6. The second-order valence-corrected chi connectivity index (χ2v) is 4.80. The lowest BCUT2D eigenvalue weighted by atomic mass is 10.3. The summed E-state index contributed by atoms with van der Waals surface area (Å²) in [6.45, 7) is 0. The molecule has 0 aliphatic carbocycles. The molecule has 1 aromatic heterocycles. The number of nitrogens with one attached hydrogen (secondary N) is 2. The number of carbonyl (C=O) groups excluding carboxylic acids is 1. The number of carbonyl (C=O) groups is 1. The molecule has 10 heteroatoms. The molecule has 0 atom stereocenters. The molecule has 6 N–H and O–H groups in total. The third-order valence-corrected chi connectivity index (χ3v) is 3.45. The van der Waals surface area contributed by atoms with Crippen LogP contribution in [0.3, 0.4) is 0 Å². The Morgan fingerprint density at radius 1 is 1.43 bits per heavy atom. The molecule has 1 heterocycles. The van der Waals surface area contributed by atoms with E-state index in [0.29, 0.717) is 16.6 Å². The number of para-hydroxylation sites is 2. The number of nitrogens with zero attached hydrogens (tertiary/aromatic N) is 3. The number of hydrazine groups is 1. The third kappa shape index (κ3) is 3.55. The van der Waals surface area contributed by atoms with Crippen LogP contribution in [0.4, 0.5) is 11.6 Å². The van der Waals surface area contributed by atoms with Crippen LogP contribution in [0.15, 0.2) is 29.4 Å². The van der Waals surface area contributed by atoms with Gasteiger partial charge in [-0.15, -0.1) is 10.2 Å². The minimum absolute atomic E-state index is 0.123. The smallest absolute Gasteiger partial charge is 0.258 e. The summed E-state index contributed by atoms with van der Waals surface area (Å²) >= 11 is 1.14. The van der Waals surface area contributed by atoms with E-state index in [1.54, 1.807) is 18.2 Å². The van der Waals surface area contributed by atoms with E-state index in [1.807, 2.05) is 6.07 Å². The molecule has 0 fully saturated rings. The molecular weight excluding hydrogens is 294 g/mol. The third-order valence-electron chi connectivity index (χ3n) is 2.51. The largest absolute Gasteiger partial charge is 0.495 e. The van der Waals surface area contributed by atoms with Gasteiger partial charge >= 0.3 is 0 Å². The lowest BCUT2D eigenvalue weighted by Crippen LogP contribution is -2.19. The summed E-state index contributed by atoms with van der Waals surface area (Å²) in [6.07, 6.45) is 0. The summed E-state index contributed by atoms with van der Waals surface area (Å²) in [6, 6.07) is 7.14. The van der Waals surface area contributed by atoms with E-state index < -0.39 is 0 Å². The van der Waals surface area contributed by atoms with Crippen LogP contribution in [0, 0.1) is 0 Å². The first-order valence-corrected chi connectivity index (χ1v) is 6.87. The van der Waals surface area contributed by atoms with Crippen LogP contribution < -0.4 is 27.2 Å². The summed E-state index contributed by atoms with van der Waals surface area (Å²) in [5, 5.41) is 10.6. The predicted molar refractivity (Wildman–Crippen MR) is 80.3 cm³/mol. The number of nitrogen functional groups attached to an aromatic ring is 2. The summed E-state index contributed by atoms with van der Waals surface area (Å²) in [7, 11) is 1.54. The highest BCUT2D eigenvalue weighted by atomic mass is 32.2. The van der Waals surface area contributed by atoms with Gasteiger partial charge in [-0.25, -0.2) is 10.5 Å². The summed E-state index contributed by atoms with van der Waals surface area (Å²) < 4.78 is 6.32. The van der Waals surface area contributed by atoms with E-state index >= 15 is 0 Å². The predicted octanol–water partition coefficient (Wildman–Crippen LogP) is 0.0169. The van der Waals surface area contributed by atoms with Gasteiger partial charge in [0, 0.05) is 0 Å². The molecule has 0 radical (unpaired) electrons. The second-order valence-electron chi connectivity index (χ2n) is 3.86. The highest BCUT2D eigenvalue weighted by Crippen LogP contribution is 2.23. The molecule has 112 valence electrons. The van der Waals surface area contributed by atoms with Gasteiger partial charge in [0.15, 0.2) is 0 Å². The van der Waals surface area contributed by atoms with E-state index in [9.17, 15) is 4.79 Å². The summed E-state index contributed by atoms with van der Waals surface area (Å²) in [5.74, 6) is 11.6. The number of benzene rings is 1. The number of amides is 1. The molecule has 0 saturated heterocycles. The molecule has 0 aliphatic rings. The van der Waals surface area contributed by atoms with Crippen LogP contribution in [0.5, 0.6) is 5.75 Å².